The molecule has 1 aromatic rings. The third-order valence-electron chi connectivity index (χ3n) is 0.987. The Hall–Kier alpha value is -1.38. The second-order valence-corrected chi connectivity index (χ2v) is 1.73. The van der Waals surface area contributed by atoms with Crippen LogP contribution in [0.5, 0.6) is 0 Å². The van der Waals surface area contributed by atoms with E-state index >= 15 is 0 Å². The van der Waals surface area contributed by atoms with E-state index in [1.807, 2.05) is 0 Å². The van der Waals surface area contributed by atoms with E-state index in [1.165, 1.54) is 6.26 Å². The number of furan rings is 1. The van der Waals surface area contributed by atoms with Crippen LogP contribution in [-0.4, -0.2) is 0 Å². The minimum absolute atomic E-state index is 0.359. The van der Waals surface area contributed by atoms with Crippen LogP contribution in [0.3, 0.4) is 0 Å². The molecule has 0 fully saturated rings. The highest BCUT2D eigenvalue weighted by Gasteiger charge is 2.01. The number of anilines is 1. The molecule has 0 amide bonds. The van der Waals surface area contributed by atoms with E-state index in [2.05, 4.69) is 6.58 Å². The molecule has 0 aromatic carbocycles. The van der Waals surface area contributed by atoms with Crippen molar-refractivity contribution in [1.82, 2.24) is 0 Å². The second kappa shape index (κ2) is 1.85. The van der Waals surface area contributed by atoms with Gasteiger partial charge in [-0.05, 0) is 0 Å². The standard InChI is InChI=1S/C6H8N2O/c1-4(7)6-5(8)2-3-9-6/h2-3H,1,7-8H2. The monoisotopic (exact) mass is 124 g/mol. The lowest BCUT2D eigenvalue weighted by atomic mass is 10.3. The van der Waals surface area contributed by atoms with E-state index in [0.717, 1.165) is 0 Å². The van der Waals surface area contributed by atoms with Crippen molar-refractivity contribution in [2.24, 2.45) is 5.73 Å². The highest BCUT2D eigenvalue weighted by Crippen LogP contribution is 2.16. The molecule has 0 spiro atoms. The fraction of sp³-hybridized carbons (Fsp3) is 0. The van der Waals surface area contributed by atoms with E-state index in [9.17, 15) is 0 Å². The Morgan fingerprint density at radius 3 is 2.56 bits per heavy atom. The van der Waals surface area contributed by atoms with E-state index in [0.29, 0.717) is 17.1 Å². The fourth-order valence-corrected chi connectivity index (χ4v) is 0.580. The molecule has 0 atom stereocenters. The molecule has 1 rings (SSSR count). The summed E-state index contributed by atoms with van der Waals surface area (Å²) in [5.74, 6) is 0.468. The quantitative estimate of drug-likeness (QED) is 0.581. The van der Waals surface area contributed by atoms with Crippen molar-refractivity contribution in [2.75, 3.05) is 5.73 Å². The molecule has 3 nitrogen and oxygen atoms in total. The minimum Gasteiger partial charge on any atom is -0.461 e. The van der Waals surface area contributed by atoms with Gasteiger partial charge in [0.15, 0.2) is 5.76 Å². The number of hydrogen-bond donors (Lipinski definition) is 2. The van der Waals surface area contributed by atoms with Crippen molar-refractivity contribution < 1.29 is 4.42 Å². The molecule has 1 aromatic heterocycles. The van der Waals surface area contributed by atoms with Crippen LogP contribution < -0.4 is 11.5 Å². The first-order valence-corrected chi connectivity index (χ1v) is 2.49. The summed E-state index contributed by atoms with van der Waals surface area (Å²) in [7, 11) is 0. The number of nitrogens with two attached hydrogens (primary N) is 2. The van der Waals surface area contributed by atoms with Gasteiger partial charge in [-0.25, -0.2) is 0 Å². The lowest BCUT2D eigenvalue weighted by molar-refractivity contribution is 0.553. The molecule has 0 aliphatic carbocycles. The summed E-state index contributed by atoms with van der Waals surface area (Å²) < 4.78 is 4.88. The molecule has 0 aliphatic heterocycles. The van der Waals surface area contributed by atoms with Crippen molar-refractivity contribution in [1.29, 1.82) is 0 Å². The maximum absolute atomic E-state index is 5.41. The van der Waals surface area contributed by atoms with Crippen LogP contribution in [0.4, 0.5) is 5.69 Å². The highest BCUT2D eigenvalue weighted by molar-refractivity contribution is 5.66. The van der Waals surface area contributed by atoms with Crippen molar-refractivity contribution in [2.45, 2.75) is 0 Å². The van der Waals surface area contributed by atoms with Gasteiger partial charge >= 0.3 is 0 Å². The summed E-state index contributed by atoms with van der Waals surface area (Å²) in [6.45, 7) is 3.46. The van der Waals surface area contributed by atoms with E-state index in [-0.39, 0.29) is 0 Å². The summed E-state index contributed by atoms with van der Waals surface area (Å²) >= 11 is 0. The summed E-state index contributed by atoms with van der Waals surface area (Å²) in [6.07, 6.45) is 1.47. The first kappa shape index (κ1) is 5.75. The lowest BCUT2D eigenvalue weighted by Gasteiger charge is -1.92. The first-order valence-electron chi connectivity index (χ1n) is 2.49. The largest absolute Gasteiger partial charge is 0.461 e. The third kappa shape index (κ3) is 0.887. The van der Waals surface area contributed by atoms with Crippen LogP contribution in [0, 0.1) is 0 Å². The maximum atomic E-state index is 5.41. The van der Waals surface area contributed by atoms with Crippen LogP contribution in [0.1, 0.15) is 5.76 Å². The van der Waals surface area contributed by atoms with E-state index < -0.39 is 0 Å². The van der Waals surface area contributed by atoms with Crippen LogP contribution in [-0.2, 0) is 0 Å². The van der Waals surface area contributed by atoms with E-state index in [4.69, 9.17) is 15.9 Å². The first-order chi connectivity index (χ1) is 4.22. The van der Waals surface area contributed by atoms with Gasteiger partial charge in [0.2, 0.25) is 0 Å². The topological polar surface area (TPSA) is 65.2 Å². The number of nitrogen functional groups attached to an aromatic ring is 1. The molecule has 0 radical (unpaired) electrons. The predicted octanol–water partition coefficient (Wildman–Crippen LogP) is 0.791. The Morgan fingerprint density at radius 2 is 2.33 bits per heavy atom. The molecule has 48 valence electrons. The van der Waals surface area contributed by atoms with Gasteiger partial charge in [0.05, 0.1) is 17.6 Å². The molecule has 9 heavy (non-hydrogen) atoms. The molecule has 4 N–H and O–H groups in total. The average molecular weight is 124 g/mol. The van der Waals surface area contributed by atoms with Crippen molar-refractivity contribution in [3.8, 4) is 0 Å². The molecule has 0 saturated heterocycles. The molecular formula is C6H8N2O. The van der Waals surface area contributed by atoms with Crippen LogP contribution in [0.15, 0.2) is 23.3 Å². The van der Waals surface area contributed by atoms with Crippen molar-refractivity contribution >= 4 is 11.4 Å². The Labute approximate surface area is 52.9 Å². The minimum atomic E-state index is 0.359. The molecule has 0 unspecified atom stereocenters. The lowest BCUT2D eigenvalue weighted by Crippen LogP contribution is -1.95. The molecule has 3 heteroatoms. The Balaban J connectivity index is 3.08. The number of hydrogen-bond acceptors (Lipinski definition) is 3. The zero-order valence-electron chi connectivity index (χ0n) is 4.92. The zero-order chi connectivity index (χ0) is 6.85. The average Bonchev–Trinajstić information content (AvgIpc) is 2.13. The summed E-state index contributed by atoms with van der Waals surface area (Å²) in [4.78, 5) is 0. The Kier molecular flexibility index (Phi) is 1.18. The maximum Gasteiger partial charge on any atom is 0.171 e. The van der Waals surface area contributed by atoms with Gasteiger partial charge < -0.3 is 15.9 Å². The summed E-state index contributed by atoms with van der Waals surface area (Å²) in [6, 6.07) is 1.63. The highest BCUT2D eigenvalue weighted by atomic mass is 16.3. The summed E-state index contributed by atoms with van der Waals surface area (Å²) in [5, 5.41) is 0. The van der Waals surface area contributed by atoms with Gasteiger partial charge in [-0.2, -0.15) is 0 Å². The normalized spacial score (nSPS) is 9.33. The van der Waals surface area contributed by atoms with Gasteiger partial charge in [0.1, 0.15) is 0 Å². The Bertz CT molecular complexity index is 227. The molecule has 0 saturated carbocycles. The van der Waals surface area contributed by atoms with Crippen LogP contribution in [0.2, 0.25) is 0 Å². The third-order valence-corrected chi connectivity index (χ3v) is 0.987. The molecule has 0 aliphatic rings. The zero-order valence-corrected chi connectivity index (χ0v) is 4.92. The van der Waals surface area contributed by atoms with E-state index in [1.54, 1.807) is 6.07 Å². The fourth-order valence-electron chi connectivity index (χ4n) is 0.580. The molecule has 0 bridgehead atoms. The van der Waals surface area contributed by atoms with Gasteiger partial charge in [-0.15, -0.1) is 0 Å². The van der Waals surface area contributed by atoms with Crippen LogP contribution in [0.25, 0.3) is 5.70 Å². The molecule has 1 heterocycles. The predicted molar refractivity (Wildman–Crippen MR) is 36.3 cm³/mol. The smallest absolute Gasteiger partial charge is 0.171 e. The van der Waals surface area contributed by atoms with Gasteiger partial charge in [-0.3, -0.25) is 0 Å². The van der Waals surface area contributed by atoms with Crippen molar-refractivity contribution in [3.63, 3.8) is 0 Å². The number of rotatable bonds is 1. The summed E-state index contributed by atoms with van der Waals surface area (Å²) in [5.41, 5.74) is 11.6. The van der Waals surface area contributed by atoms with Crippen molar-refractivity contribution in [3.05, 3.63) is 24.7 Å². The van der Waals surface area contributed by atoms with Gasteiger partial charge in [0, 0.05) is 6.07 Å². The molecular weight excluding hydrogens is 116 g/mol. The Morgan fingerprint density at radius 1 is 1.67 bits per heavy atom. The van der Waals surface area contributed by atoms with Crippen LogP contribution >= 0.6 is 0 Å². The SMILES string of the molecule is C=C(N)c1occc1N. The second-order valence-electron chi connectivity index (χ2n) is 1.73. The van der Waals surface area contributed by atoms with Gasteiger partial charge in [0.25, 0.3) is 0 Å². The van der Waals surface area contributed by atoms with Gasteiger partial charge in [-0.1, -0.05) is 6.58 Å².